The van der Waals surface area contributed by atoms with Gasteiger partial charge in [0.25, 0.3) is 5.56 Å². The van der Waals surface area contributed by atoms with E-state index >= 15 is 0 Å². The fraction of sp³-hybridized carbons (Fsp3) is 0.458. The van der Waals surface area contributed by atoms with E-state index in [0.717, 1.165) is 17.5 Å². The topological polar surface area (TPSA) is 132 Å². The van der Waals surface area contributed by atoms with Crippen LogP contribution in [-0.2, 0) is 16.1 Å². The number of nitrogens with one attached hydrogen (secondary N) is 1. The lowest BCUT2D eigenvalue weighted by molar-refractivity contribution is -0.128. The van der Waals surface area contributed by atoms with Crippen molar-refractivity contribution in [2.24, 2.45) is 0 Å². The Labute approximate surface area is 202 Å². The van der Waals surface area contributed by atoms with Gasteiger partial charge in [0, 0.05) is 55.8 Å². The van der Waals surface area contributed by atoms with Crippen LogP contribution in [0.2, 0.25) is 0 Å². The number of hydrogen-bond acceptors (Lipinski definition) is 9. The zero-order chi connectivity index (χ0) is 24.8. The van der Waals surface area contributed by atoms with Crippen molar-refractivity contribution in [3.05, 3.63) is 40.9 Å². The van der Waals surface area contributed by atoms with Gasteiger partial charge in [0.2, 0.25) is 11.8 Å². The molecule has 0 saturated carbocycles. The molecule has 2 N–H and O–H groups in total. The van der Waals surface area contributed by atoms with Crippen molar-refractivity contribution in [3.8, 4) is 17.0 Å². The van der Waals surface area contributed by atoms with Crippen LogP contribution < -0.4 is 15.6 Å². The van der Waals surface area contributed by atoms with Crippen LogP contribution in [0.5, 0.6) is 5.88 Å². The van der Waals surface area contributed by atoms with Gasteiger partial charge in [-0.1, -0.05) is 6.92 Å². The Morgan fingerprint density at radius 1 is 1.23 bits per heavy atom. The highest BCUT2D eigenvalue weighted by atomic mass is 16.5. The number of pyridine rings is 2. The second-order valence-electron chi connectivity index (χ2n) is 8.32. The van der Waals surface area contributed by atoms with E-state index in [1.807, 2.05) is 19.1 Å². The number of carbonyl (C=O) groups is 1. The standard InChI is InChI=1S/C24H30N6O5/c1-3-9-35-10-8-30-19-11-17(16-4-5-20(34-2)25-12-16)13-26-22(19)28-23(24(30)33)27-14-21(32)29-7-6-18(31)15-29/h4-5,11-13,18,31H,3,6-10,14-15H2,1-2H3,(H,26,27,28)/t18-/m0/s1. The van der Waals surface area contributed by atoms with Crippen molar-refractivity contribution in [2.75, 3.05) is 45.3 Å². The van der Waals surface area contributed by atoms with Crippen molar-refractivity contribution in [1.82, 2.24) is 24.4 Å². The van der Waals surface area contributed by atoms with E-state index in [0.29, 0.717) is 56.3 Å². The molecule has 11 heteroatoms. The number of hydrogen-bond donors (Lipinski definition) is 2. The fourth-order valence-corrected chi connectivity index (χ4v) is 3.93. The van der Waals surface area contributed by atoms with E-state index in [4.69, 9.17) is 9.47 Å². The van der Waals surface area contributed by atoms with Gasteiger partial charge in [-0.25, -0.2) is 15.0 Å². The summed E-state index contributed by atoms with van der Waals surface area (Å²) in [7, 11) is 1.55. The number of amides is 1. The lowest BCUT2D eigenvalue weighted by Gasteiger charge is -2.17. The molecule has 3 aromatic rings. The van der Waals surface area contributed by atoms with Crippen molar-refractivity contribution >= 4 is 22.9 Å². The lowest BCUT2D eigenvalue weighted by Crippen LogP contribution is -2.36. The normalized spacial score (nSPS) is 15.5. The first kappa shape index (κ1) is 24.6. The molecule has 1 fully saturated rings. The average molecular weight is 483 g/mol. The third-order valence-electron chi connectivity index (χ3n) is 5.81. The maximum absolute atomic E-state index is 13.3. The van der Waals surface area contributed by atoms with Gasteiger partial charge in [-0.05, 0) is 25.0 Å². The number of aromatic nitrogens is 4. The Balaban J connectivity index is 1.64. The van der Waals surface area contributed by atoms with Gasteiger partial charge in [-0.15, -0.1) is 0 Å². The van der Waals surface area contributed by atoms with Gasteiger partial charge in [-0.3, -0.25) is 14.2 Å². The van der Waals surface area contributed by atoms with Gasteiger partial charge in [0.1, 0.15) is 0 Å². The van der Waals surface area contributed by atoms with Crippen LogP contribution in [0.3, 0.4) is 0 Å². The van der Waals surface area contributed by atoms with Crippen molar-refractivity contribution in [1.29, 1.82) is 0 Å². The molecular weight excluding hydrogens is 452 g/mol. The van der Waals surface area contributed by atoms with Crippen molar-refractivity contribution in [2.45, 2.75) is 32.4 Å². The minimum atomic E-state index is -0.502. The summed E-state index contributed by atoms with van der Waals surface area (Å²) in [5, 5.41) is 12.5. The molecule has 186 valence electrons. The number of anilines is 1. The summed E-state index contributed by atoms with van der Waals surface area (Å²) in [6.45, 7) is 3.98. The molecule has 1 atom stereocenters. The van der Waals surface area contributed by atoms with Gasteiger partial charge in [0.05, 0.1) is 31.9 Å². The molecule has 0 aliphatic carbocycles. The zero-order valence-corrected chi connectivity index (χ0v) is 19.9. The maximum atomic E-state index is 13.3. The monoisotopic (exact) mass is 482 g/mol. The average Bonchev–Trinajstić information content (AvgIpc) is 3.32. The number of methoxy groups -OCH3 is 1. The summed E-state index contributed by atoms with van der Waals surface area (Å²) >= 11 is 0. The van der Waals surface area contributed by atoms with Crippen LogP contribution in [0.4, 0.5) is 5.82 Å². The van der Waals surface area contributed by atoms with Crippen LogP contribution in [0.15, 0.2) is 35.4 Å². The summed E-state index contributed by atoms with van der Waals surface area (Å²) in [6, 6.07) is 5.47. The van der Waals surface area contributed by atoms with Gasteiger partial charge >= 0.3 is 0 Å². The molecule has 0 bridgehead atoms. The number of aliphatic hydroxyl groups is 1. The summed E-state index contributed by atoms with van der Waals surface area (Å²) < 4.78 is 12.3. The number of carbonyl (C=O) groups excluding carboxylic acids is 1. The SMILES string of the molecule is CCCOCCn1c(=O)c(NCC(=O)N2CC[C@H](O)C2)nc2ncc(-c3ccc(OC)nc3)cc21. The molecule has 1 saturated heterocycles. The maximum Gasteiger partial charge on any atom is 0.293 e. The van der Waals surface area contributed by atoms with E-state index in [9.17, 15) is 14.7 Å². The molecule has 1 aliphatic heterocycles. The minimum Gasteiger partial charge on any atom is -0.481 e. The third-order valence-corrected chi connectivity index (χ3v) is 5.81. The van der Waals surface area contributed by atoms with Gasteiger partial charge in [0.15, 0.2) is 11.5 Å². The number of nitrogens with zero attached hydrogens (tertiary/aromatic N) is 5. The fourth-order valence-electron chi connectivity index (χ4n) is 3.93. The first-order chi connectivity index (χ1) is 17.0. The van der Waals surface area contributed by atoms with Crippen LogP contribution >= 0.6 is 0 Å². The van der Waals surface area contributed by atoms with Crippen LogP contribution in [0, 0.1) is 0 Å². The summed E-state index contributed by atoms with van der Waals surface area (Å²) in [5.41, 5.74) is 2.17. The molecule has 4 rings (SSSR count). The lowest BCUT2D eigenvalue weighted by atomic mass is 10.1. The van der Waals surface area contributed by atoms with Crippen LogP contribution in [0.1, 0.15) is 19.8 Å². The predicted octanol–water partition coefficient (Wildman–Crippen LogP) is 1.29. The Bertz CT molecular complexity index is 1230. The summed E-state index contributed by atoms with van der Waals surface area (Å²) in [4.78, 5) is 40.5. The number of fused-ring (bicyclic) bond motifs is 1. The van der Waals surface area contributed by atoms with E-state index < -0.39 is 6.10 Å². The smallest absolute Gasteiger partial charge is 0.293 e. The van der Waals surface area contributed by atoms with Crippen molar-refractivity contribution < 1.29 is 19.4 Å². The molecule has 1 amide bonds. The number of aliphatic hydroxyl groups excluding tert-OH is 1. The molecule has 0 spiro atoms. The van der Waals surface area contributed by atoms with E-state index in [1.54, 1.807) is 35.0 Å². The molecule has 35 heavy (non-hydrogen) atoms. The summed E-state index contributed by atoms with van der Waals surface area (Å²) in [6.07, 6.45) is 4.28. The molecule has 11 nitrogen and oxygen atoms in total. The summed E-state index contributed by atoms with van der Waals surface area (Å²) in [5.74, 6) is 0.353. The van der Waals surface area contributed by atoms with Crippen LogP contribution in [-0.4, -0.2) is 81.5 Å². The highest BCUT2D eigenvalue weighted by Gasteiger charge is 2.24. The number of β-amino-alcohol motifs (C(OH)–C–C–N with tert-alkyl or cyclic N) is 1. The van der Waals surface area contributed by atoms with Crippen LogP contribution in [0.25, 0.3) is 22.3 Å². The first-order valence-corrected chi connectivity index (χ1v) is 11.7. The second-order valence-corrected chi connectivity index (χ2v) is 8.32. The Morgan fingerprint density at radius 3 is 2.74 bits per heavy atom. The molecular formula is C24H30N6O5. The third kappa shape index (κ3) is 5.75. The van der Waals surface area contributed by atoms with Gasteiger partial charge < -0.3 is 24.8 Å². The molecule has 0 unspecified atom stereocenters. The van der Waals surface area contributed by atoms with Crippen molar-refractivity contribution in [3.63, 3.8) is 0 Å². The Hall–Kier alpha value is -3.57. The molecule has 0 radical (unpaired) electrons. The highest BCUT2D eigenvalue weighted by molar-refractivity contribution is 5.82. The Morgan fingerprint density at radius 2 is 2.06 bits per heavy atom. The second kappa shape index (κ2) is 11.2. The molecule has 3 aromatic heterocycles. The molecule has 4 heterocycles. The van der Waals surface area contributed by atoms with Gasteiger partial charge in [-0.2, -0.15) is 0 Å². The molecule has 0 aromatic carbocycles. The van der Waals surface area contributed by atoms with E-state index in [2.05, 4.69) is 20.3 Å². The number of ether oxygens (including phenoxy) is 2. The largest absolute Gasteiger partial charge is 0.481 e. The van der Waals surface area contributed by atoms with E-state index in [1.165, 1.54) is 0 Å². The van der Waals surface area contributed by atoms with E-state index in [-0.39, 0.29) is 23.8 Å². The molecule has 1 aliphatic rings. The quantitative estimate of drug-likeness (QED) is 0.410. The number of rotatable bonds is 10. The number of likely N-dealkylation sites (tertiary alicyclic amines) is 1. The first-order valence-electron chi connectivity index (χ1n) is 11.7. The predicted molar refractivity (Wildman–Crippen MR) is 130 cm³/mol. The minimum absolute atomic E-state index is 0.0486. The zero-order valence-electron chi connectivity index (χ0n) is 19.9. The Kier molecular flexibility index (Phi) is 7.88. The highest BCUT2D eigenvalue weighted by Crippen LogP contribution is 2.23.